The van der Waals surface area contributed by atoms with Crippen molar-refractivity contribution in [2.45, 2.75) is 24.3 Å². The second-order valence-electron chi connectivity index (χ2n) is 5.84. The van der Waals surface area contributed by atoms with Gasteiger partial charge >= 0.3 is 0 Å². The van der Waals surface area contributed by atoms with Gasteiger partial charge in [0.2, 0.25) is 5.91 Å². The van der Waals surface area contributed by atoms with Crippen LogP contribution in [0.25, 0.3) is 11.4 Å². The molecular formula is C18H18ClN5OS. The number of hydrogen-bond acceptors (Lipinski definition) is 5. The number of hydrogen-bond donors (Lipinski definition) is 1. The molecule has 6 nitrogen and oxygen atoms in total. The highest BCUT2D eigenvalue weighted by atomic mass is 35.5. The third kappa shape index (κ3) is 4.23. The van der Waals surface area contributed by atoms with Gasteiger partial charge in [-0.15, -0.1) is 10.2 Å². The zero-order valence-corrected chi connectivity index (χ0v) is 16.2. The molecule has 8 heteroatoms. The van der Waals surface area contributed by atoms with Crippen LogP contribution in [0.15, 0.2) is 47.8 Å². The molecular weight excluding hydrogens is 370 g/mol. The van der Waals surface area contributed by atoms with Crippen molar-refractivity contribution in [3.05, 3.63) is 53.2 Å². The molecule has 1 amide bonds. The molecule has 0 saturated carbocycles. The summed E-state index contributed by atoms with van der Waals surface area (Å²) in [5.74, 6) is 1.06. The first kappa shape index (κ1) is 18.4. The van der Waals surface area contributed by atoms with Crippen LogP contribution in [-0.2, 0) is 11.8 Å². The molecule has 0 spiro atoms. The van der Waals surface area contributed by atoms with E-state index in [2.05, 4.69) is 20.5 Å². The Morgan fingerprint density at radius 3 is 2.58 bits per heavy atom. The first-order valence-electron chi connectivity index (χ1n) is 7.99. The minimum Gasteiger partial charge on any atom is -0.310 e. The Morgan fingerprint density at radius 2 is 1.92 bits per heavy atom. The van der Waals surface area contributed by atoms with Gasteiger partial charge in [-0.05, 0) is 26.0 Å². The number of pyridine rings is 1. The summed E-state index contributed by atoms with van der Waals surface area (Å²) in [5, 5.41) is 12.1. The van der Waals surface area contributed by atoms with Gasteiger partial charge < -0.3 is 9.88 Å². The SMILES string of the molecule is Cc1ccc(-c2nnc(SC(C)C(=O)Nc3ccc(Cl)cn3)n2C)cc1. The van der Waals surface area contributed by atoms with Gasteiger partial charge in [0.25, 0.3) is 0 Å². The van der Waals surface area contributed by atoms with E-state index in [1.165, 1.54) is 23.5 Å². The number of benzene rings is 1. The summed E-state index contributed by atoms with van der Waals surface area (Å²) in [7, 11) is 1.89. The normalized spacial score (nSPS) is 12.0. The summed E-state index contributed by atoms with van der Waals surface area (Å²) in [6, 6.07) is 11.4. The van der Waals surface area contributed by atoms with Gasteiger partial charge in [0.15, 0.2) is 11.0 Å². The van der Waals surface area contributed by atoms with E-state index in [-0.39, 0.29) is 11.2 Å². The van der Waals surface area contributed by atoms with Gasteiger partial charge in [-0.2, -0.15) is 0 Å². The van der Waals surface area contributed by atoms with Gasteiger partial charge in [0.05, 0.1) is 10.3 Å². The fourth-order valence-corrected chi connectivity index (χ4v) is 3.19. The summed E-state index contributed by atoms with van der Waals surface area (Å²) in [6.45, 7) is 3.85. The molecule has 1 N–H and O–H groups in total. The highest BCUT2D eigenvalue weighted by molar-refractivity contribution is 8.00. The molecule has 26 heavy (non-hydrogen) atoms. The number of amides is 1. The van der Waals surface area contributed by atoms with E-state index in [0.717, 1.165) is 11.4 Å². The van der Waals surface area contributed by atoms with Gasteiger partial charge in [0.1, 0.15) is 5.82 Å². The van der Waals surface area contributed by atoms with Crippen molar-refractivity contribution in [2.24, 2.45) is 7.05 Å². The van der Waals surface area contributed by atoms with Crippen molar-refractivity contribution >= 4 is 35.1 Å². The van der Waals surface area contributed by atoms with Gasteiger partial charge in [-0.25, -0.2) is 4.98 Å². The number of rotatable bonds is 5. The molecule has 0 bridgehead atoms. The standard InChI is InChI=1S/C18H18ClN5OS/c1-11-4-6-13(7-5-11)16-22-23-18(24(16)3)26-12(2)17(25)21-15-9-8-14(19)10-20-15/h4-10,12H,1-3H3,(H,20,21,25). The molecule has 134 valence electrons. The van der Waals surface area contributed by atoms with E-state index in [1.54, 1.807) is 12.1 Å². The number of halogens is 1. The Bertz CT molecular complexity index is 908. The molecule has 0 fully saturated rings. The fraction of sp³-hybridized carbons (Fsp3) is 0.222. The van der Waals surface area contributed by atoms with Crippen molar-refractivity contribution in [1.29, 1.82) is 0 Å². The van der Waals surface area contributed by atoms with Crippen LogP contribution >= 0.6 is 23.4 Å². The van der Waals surface area contributed by atoms with Gasteiger partial charge in [-0.1, -0.05) is 53.2 Å². The zero-order valence-electron chi connectivity index (χ0n) is 14.6. The van der Waals surface area contributed by atoms with Crippen molar-refractivity contribution < 1.29 is 4.79 Å². The molecule has 0 radical (unpaired) electrons. The maximum absolute atomic E-state index is 12.4. The van der Waals surface area contributed by atoms with Gasteiger partial charge in [0, 0.05) is 18.8 Å². The minimum absolute atomic E-state index is 0.162. The van der Waals surface area contributed by atoms with Crippen LogP contribution in [0.2, 0.25) is 5.02 Å². The van der Waals surface area contributed by atoms with E-state index < -0.39 is 0 Å². The Hall–Kier alpha value is -2.38. The number of aromatic nitrogens is 4. The lowest BCUT2D eigenvalue weighted by atomic mass is 10.1. The molecule has 0 aliphatic rings. The maximum atomic E-state index is 12.4. The molecule has 3 rings (SSSR count). The third-order valence-electron chi connectivity index (χ3n) is 3.77. The van der Waals surface area contributed by atoms with Crippen LogP contribution in [0, 0.1) is 6.92 Å². The zero-order chi connectivity index (χ0) is 18.7. The predicted octanol–water partition coefficient (Wildman–Crippen LogP) is 3.96. The summed E-state index contributed by atoms with van der Waals surface area (Å²) in [6.07, 6.45) is 1.49. The Morgan fingerprint density at radius 1 is 1.19 bits per heavy atom. The van der Waals surface area contributed by atoms with Crippen molar-refractivity contribution in [3.8, 4) is 11.4 Å². The van der Waals surface area contributed by atoms with Crippen molar-refractivity contribution in [1.82, 2.24) is 19.7 Å². The Kier molecular flexibility index (Phi) is 5.58. The quantitative estimate of drug-likeness (QED) is 0.671. The van der Waals surface area contributed by atoms with Crippen molar-refractivity contribution in [2.75, 3.05) is 5.32 Å². The lowest BCUT2D eigenvalue weighted by Crippen LogP contribution is -2.23. The first-order chi connectivity index (χ1) is 12.4. The lowest BCUT2D eigenvalue weighted by molar-refractivity contribution is -0.115. The number of anilines is 1. The number of thioether (sulfide) groups is 1. The topological polar surface area (TPSA) is 72.7 Å². The van der Waals surface area contributed by atoms with E-state index in [4.69, 9.17) is 11.6 Å². The number of nitrogens with zero attached hydrogens (tertiary/aromatic N) is 4. The summed E-state index contributed by atoms with van der Waals surface area (Å²) in [5.41, 5.74) is 2.17. The van der Waals surface area contributed by atoms with Crippen LogP contribution < -0.4 is 5.32 Å². The summed E-state index contributed by atoms with van der Waals surface area (Å²) >= 11 is 7.14. The van der Waals surface area contributed by atoms with Gasteiger partial charge in [-0.3, -0.25) is 4.79 Å². The third-order valence-corrected chi connectivity index (χ3v) is 5.13. The van der Waals surface area contributed by atoms with Crippen LogP contribution in [0.5, 0.6) is 0 Å². The number of carbonyl (C=O) groups excluding carboxylic acids is 1. The minimum atomic E-state index is -0.360. The number of nitrogens with one attached hydrogen (secondary N) is 1. The van der Waals surface area contributed by atoms with Crippen LogP contribution in [-0.4, -0.2) is 30.9 Å². The highest BCUT2D eigenvalue weighted by Gasteiger charge is 2.19. The average molecular weight is 388 g/mol. The first-order valence-corrected chi connectivity index (χ1v) is 9.25. The number of aryl methyl sites for hydroxylation is 1. The van der Waals surface area contributed by atoms with E-state index in [1.807, 2.05) is 49.7 Å². The van der Waals surface area contributed by atoms with E-state index in [9.17, 15) is 4.79 Å². The molecule has 0 aliphatic carbocycles. The molecule has 2 aromatic heterocycles. The molecule has 3 aromatic rings. The molecule has 2 heterocycles. The largest absolute Gasteiger partial charge is 0.310 e. The molecule has 1 atom stereocenters. The Labute approximate surface area is 161 Å². The molecule has 0 saturated heterocycles. The van der Waals surface area contributed by atoms with E-state index >= 15 is 0 Å². The lowest BCUT2D eigenvalue weighted by Gasteiger charge is -2.11. The molecule has 1 unspecified atom stereocenters. The molecule has 0 aliphatic heterocycles. The monoisotopic (exact) mass is 387 g/mol. The molecule has 1 aromatic carbocycles. The summed E-state index contributed by atoms with van der Waals surface area (Å²) in [4.78, 5) is 16.4. The second-order valence-corrected chi connectivity index (χ2v) is 7.59. The maximum Gasteiger partial charge on any atom is 0.238 e. The number of carbonyl (C=O) groups is 1. The predicted molar refractivity (Wildman–Crippen MR) is 104 cm³/mol. The summed E-state index contributed by atoms with van der Waals surface area (Å²) < 4.78 is 1.89. The second kappa shape index (κ2) is 7.88. The van der Waals surface area contributed by atoms with Crippen LogP contribution in [0.4, 0.5) is 5.82 Å². The van der Waals surface area contributed by atoms with E-state index in [0.29, 0.717) is 16.0 Å². The van der Waals surface area contributed by atoms with Crippen LogP contribution in [0.1, 0.15) is 12.5 Å². The fourth-order valence-electron chi connectivity index (χ4n) is 2.26. The smallest absolute Gasteiger partial charge is 0.238 e. The Balaban J connectivity index is 1.69. The van der Waals surface area contributed by atoms with Crippen molar-refractivity contribution in [3.63, 3.8) is 0 Å². The average Bonchev–Trinajstić information content (AvgIpc) is 2.98. The van der Waals surface area contributed by atoms with Crippen LogP contribution in [0.3, 0.4) is 0 Å². The highest BCUT2D eigenvalue weighted by Crippen LogP contribution is 2.26.